The van der Waals surface area contributed by atoms with E-state index in [-0.39, 0.29) is 5.91 Å². The van der Waals surface area contributed by atoms with Crippen LogP contribution in [0.1, 0.15) is 15.9 Å². The van der Waals surface area contributed by atoms with Gasteiger partial charge in [0.2, 0.25) is 0 Å². The van der Waals surface area contributed by atoms with E-state index in [2.05, 4.69) is 22.9 Å². The Balaban J connectivity index is 1.45. The Hall–Kier alpha value is -3.93. The maximum atomic E-state index is 13.6. The minimum atomic E-state index is 0.0195. The number of amides is 1. The van der Waals surface area contributed by atoms with E-state index >= 15 is 0 Å². The molecule has 0 atom stereocenters. The molecule has 0 radical (unpaired) electrons. The van der Waals surface area contributed by atoms with Gasteiger partial charge in [-0.05, 0) is 36.8 Å². The molecular weight excluding hydrogens is 398 g/mol. The summed E-state index contributed by atoms with van der Waals surface area (Å²) < 4.78 is 1.80. The summed E-state index contributed by atoms with van der Waals surface area (Å²) in [5.74, 6) is 0.975. The van der Waals surface area contributed by atoms with Gasteiger partial charge in [0.05, 0.1) is 11.3 Å². The normalized spacial score (nSPS) is 13.9. The van der Waals surface area contributed by atoms with E-state index in [1.807, 2.05) is 77.8 Å². The number of rotatable bonds is 4. The number of pyridine rings is 1. The van der Waals surface area contributed by atoms with Crippen LogP contribution in [0.15, 0.2) is 85.2 Å². The third-order valence-electron chi connectivity index (χ3n) is 5.91. The number of aryl methyl sites for hydroxylation is 1. The summed E-state index contributed by atoms with van der Waals surface area (Å²) in [6.07, 6.45) is 3.67. The highest BCUT2D eigenvalue weighted by atomic mass is 16.2. The Kier molecular flexibility index (Phi) is 5.42. The lowest BCUT2D eigenvalue weighted by Gasteiger charge is -2.35. The lowest BCUT2D eigenvalue weighted by Crippen LogP contribution is -2.49. The van der Waals surface area contributed by atoms with Crippen LogP contribution in [0.5, 0.6) is 0 Å². The third kappa shape index (κ3) is 3.87. The van der Waals surface area contributed by atoms with Crippen LogP contribution < -0.4 is 4.90 Å². The van der Waals surface area contributed by atoms with Gasteiger partial charge in [0.25, 0.3) is 5.91 Å². The van der Waals surface area contributed by atoms with E-state index in [1.165, 1.54) is 0 Å². The molecule has 0 saturated carbocycles. The maximum Gasteiger partial charge on any atom is 0.257 e. The Morgan fingerprint density at radius 2 is 1.56 bits per heavy atom. The third-order valence-corrected chi connectivity index (χ3v) is 5.91. The molecule has 1 fully saturated rings. The molecule has 2 aromatic heterocycles. The van der Waals surface area contributed by atoms with Crippen molar-refractivity contribution < 1.29 is 4.79 Å². The average Bonchev–Trinajstić information content (AvgIpc) is 3.30. The van der Waals surface area contributed by atoms with Crippen molar-refractivity contribution in [2.24, 2.45) is 0 Å². The highest BCUT2D eigenvalue weighted by Gasteiger charge is 2.27. The van der Waals surface area contributed by atoms with E-state index < -0.39 is 0 Å². The van der Waals surface area contributed by atoms with Gasteiger partial charge >= 0.3 is 0 Å². The summed E-state index contributed by atoms with van der Waals surface area (Å²) >= 11 is 0. The summed E-state index contributed by atoms with van der Waals surface area (Å²) in [5.41, 5.74) is 4.37. The quantitative estimate of drug-likeness (QED) is 0.494. The van der Waals surface area contributed by atoms with Crippen LogP contribution in [0.4, 0.5) is 5.82 Å². The molecule has 0 bridgehead atoms. The molecule has 2 aromatic carbocycles. The van der Waals surface area contributed by atoms with Crippen molar-refractivity contribution in [1.29, 1.82) is 0 Å². The molecular formula is C26H25N5O. The fraction of sp³-hybridized carbons (Fsp3) is 0.192. The zero-order valence-electron chi connectivity index (χ0n) is 18.1. The first-order chi connectivity index (χ1) is 15.7. The van der Waals surface area contributed by atoms with E-state index in [0.29, 0.717) is 18.7 Å². The summed E-state index contributed by atoms with van der Waals surface area (Å²) in [4.78, 5) is 22.2. The Morgan fingerprint density at radius 1 is 0.844 bits per heavy atom. The highest BCUT2D eigenvalue weighted by molar-refractivity contribution is 6.00. The number of anilines is 1. The van der Waals surface area contributed by atoms with Crippen LogP contribution in [0.25, 0.3) is 16.9 Å². The number of carbonyl (C=O) groups excluding carboxylic acids is 1. The molecule has 6 nitrogen and oxygen atoms in total. The number of hydrogen-bond acceptors (Lipinski definition) is 4. The first kappa shape index (κ1) is 20.0. The van der Waals surface area contributed by atoms with E-state index in [0.717, 1.165) is 41.4 Å². The van der Waals surface area contributed by atoms with Crippen LogP contribution in [-0.4, -0.2) is 51.8 Å². The summed E-state index contributed by atoms with van der Waals surface area (Å²) in [5, 5.41) is 4.84. The molecule has 32 heavy (non-hydrogen) atoms. The molecule has 6 heteroatoms. The summed E-state index contributed by atoms with van der Waals surface area (Å²) in [6.45, 7) is 4.87. The van der Waals surface area contributed by atoms with Gasteiger partial charge in [0.15, 0.2) is 0 Å². The number of carbonyl (C=O) groups is 1. The second-order valence-corrected chi connectivity index (χ2v) is 7.95. The number of hydrogen-bond donors (Lipinski definition) is 0. The van der Waals surface area contributed by atoms with E-state index in [4.69, 9.17) is 5.10 Å². The van der Waals surface area contributed by atoms with E-state index in [1.54, 1.807) is 10.9 Å². The van der Waals surface area contributed by atoms with Gasteiger partial charge in [-0.2, -0.15) is 5.10 Å². The number of nitrogens with zero attached hydrogens (tertiary/aromatic N) is 5. The molecule has 1 amide bonds. The fourth-order valence-corrected chi connectivity index (χ4v) is 4.13. The molecule has 1 aliphatic rings. The van der Waals surface area contributed by atoms with Crippen LogP contribution in [0, 0.1) is 6.92 Å². The molecule has 0 aliphatic carbocycles. The summed E-state index contributed by atoms with van der Waals surface area (Å²) in [6, 6.07) is 23.9. The molecule has 0 N–H and O–H groups in total. The second kappa shape index (κ2) is 8.67. The van der Waals surface area contributed by atoms with Gasteiger partial charge in [-0.15, -0.1) is 0 Å². The Labute approximate surface area is 187 Å². The minimum Gasteiger partial charge on any atom is -0.353 e. The molecule has 3 heterocycles. The number of piperazine rings is 1. The summed E-state index contributed by atoms with van der Waals surface area (Å²) in [7, 11) is 0. The Bertz CT molecular complexity index is 1210. The van der Waals surface area contributed by atoms with Gasteiger partial charge in [-0.25, -0.2) is 9.67 Å². The van der Waals surface area contributed by atoms with Crippen molar-refractivity contribution in [2.75, 3.05) is 31.1 Å². The lowest BCUT2D eigenvalue weighted by molar-refractivity contribution is 0.0747. The van der Waals surface area contributed by atoms with Crippen molar-refractivity contribution >= 4 is 11.7 Å². The number of benzene rings is 2. The maximum absolute atomic E-state index is 13.6. The average molecular weight is 424 g/mol. The first-order valence-corrected chi connectivity index (χ1v) is 10.9. The SMILES string of the molecule is Cc1ccccc1-c1nn(-c2ccccc2)cc1C(=O)N1CCN(c2ccccn2)CC1. The van der Waals surface area contributed by atoms with Gasteiger partial charge < -0.3 is 9.80 Å². The standard InChI is InChI=1S/C26H25N5O/c1-20-9-5-6-12-22(20)25-23(19-31(28-25)21-10-3-2-4-11-21)26(32)30-17-15-29(16-18-30)24-13-7-8-14-27-24/h2-14,19H,15-18H2,1H3. The molecule has 160 valence electrons. The van der Waals surface area contributed by atoms with Gasteiger partial charge in [0.1, 0.15) is 11.5 Å². The number of aromatic nitrogens is 3. The van der Waals surface area contributed by atoms with E-state index in [9.17, 15) is 4.79 Å². The largest absolute Gasteiger partial charge is 0.353 e. The fourth-order valence-electron chi connectivity index (χ4n) is 4.13. The van der Waals surface area contributed by atoms with Crippen molar-refractivity contribution in [3.8, 4) is 16.9 Å². The first-order valence-electron chi connectivity index (χ1n) is 10.9. The van der Waals surface area contributed by atoms with Crippen molar-refractivity contribution in [2.45, 2.75) is 6.92 Å². The zero-order chi connectivity index (χ0) is 21.9. The smallest absolute Gasteiger partial charge is 0.257 e. The topological polar surface area (TPSA) is 54.3 Å². The monoisotopic (exact) mass is 423 g/mol. The lowest BCUT2D eigenvalue weighted by atomic mass is 10.0. The number of para-hydroxylation sites is 1. The van der Waals surface area contributed by atoms with Crippen LogP contribution in [0.2, 0.25) is 0 Å². The molecule has 4 aromatic rings. The predicted octanol–water partition coefficient (Wildman–Crippen LogP) is 4.21. The van der Waals surface area contributed by atoms with Gasteiger partial charge in [0, 0.05) is 44.1 Å². The van der Waals surface area contributed by atoms with Crippen LogP contribution in [0.3, 0.4) is 0 Å². The Morgan fingerprint density at radius 3 is 2.28 bits per heavy atom. The molecule has 0 unspecified atom stereocenters. The minimum absolute atomic E-state index is 0.0195. The molecule has 5 rings (SSSR count). The zero-order valence-corrected chi connectivity index (χ0v) is 18.1. The van der Waals surface area contributed by atoms with Crippen molar-refractivity contribution in [3.63, 3.8) is 0 Å². The molecule has 1 saturated heterocycles. The molecule has 1 aliphatic heterocycles. The van der Waals surface area contributed by atoms with Gasteiger partial charge in [-0.1, -0.05) is 48.5 Å². The van der Waals surface area contributed by atoms with Crippen LogP contribution >= 0.6 is 0 Å². The highest BCUT2D eigenvalue weighted by Crippen LogP contribution is 2.28. The van der Waals surface area contributed by atoms with Crippen molar-refractivity contribution in [3.05, 3.63) is 96.3 Å². The molecule has 0 spiro atoms. The second-order valence-electron chi connectivity index (χ2n) is 7.95. The van der Waals surface area contributed by atoms with Crippen LogP contribution in [-0.2, 0) is 0 Å². The van der Waals surface area contributed by atoms with Crippen molar-refractivity contribution in [1.82, 2.24) is 19.7 Å². The van der Waals surface area contributed by atoms with Gasteiger partial charge in [-0.3, -0.25) is 4.79 Å². The predicted molar refractivity (Wildman–Crippen MR) is 126 cm³/mol.